The topological polar surface area (TPSA) is 116 Å². The number of nitrogens with one attached hydrogen (secondary N) is 1. The fourth-order valence-corrected chi connectivity index (χ4v) is 4.26. The summed E-state index contributed by atoms with van der Waals surface area (Å²) in [6.07, 6.45) is -1.48. The molecule has 1 saturated heterocycles. The zero-order valence-electron chi connectivity index (χ0n) is 15.5. The van der Waals surface area contributed by atoms with Gasteiger partial charge in [0.2, 0.25) is 0 Å². The van der Waals surface area contributed by atoms with Gasteiger partial charge in [-0.1, -0.05) is 30.3 Å². The average molecular weight is 388 g/mol. The number of esters is 2. The summed E-state index contributed by atoms with van der Waals surface area (Å²) < 4.78 is 9.58. The van der Waals surface area contributed by atoms with Crippen LogP contribution >= 0.6 is 0 Å². The van der Waals surface area contributed by atoms with Crippen LogP contribution in [0.5, 0.6) is 0 Å². The molecule has 2 heterocycles. The molecular formula is C19H20N2O7. The number of aliphatic hydroxyl groups is 1. The molecule has 9 heteroatoms. The Bertz CT molecular complexity index is 882. The molecule has 5 atom stereocenters. The zero-order valence-corrected chi connectivity index (χ0v) is 15.5. The van der Waals surface area contributed by atoms with Crippen LogP contribution in [0.15, 0.2) is 41.0 Å². The Morgan fingerprint density at radius 2 is 1.82 bits per heavy atom. The maximum Gasteiger partial charge on any atom is 0.361 e. The van der Waals surface area contributed by atoms with E-state index in [4.69, 9.17) is 19.2 Å². The lowest BCUT2D eigenvalue weighted by Crippen LogP contribution is -2.66. The Kier molecular flexibility index (Phi) is 4.45. The molecule has 1 aromatic rings. The van der Waals surface area contributed by atoms with Crippen molar-refractivity contribution in [3.8, 4) is 0 Å². The highest BCUT2D eigenvalue weighted by atomic mass is 17.2. The molecule has 0 amide bonds. The van der Waals surface area contributed by atoms with Gasteiger partial charge in [-0.25, -0.2) is 19.4 Å². The molecule has 2 fully saturated rings. The van der Waals surface area contributed by atoms with Gasteiger partial charge in [0, 0.05) is 0 Å². The summed E-state index contributed by atoms with van der Waals surface area (Å²) >= 11 is 0. The van der Waals surface area contributed by atoms with E-state index in [1.807, 2.05) is 37.3 Å². The van der Waals surface area contributed by atoms with Crippen LogP contribution in [-0.4, -0.2) is 54.9 Å². The van der Waals surface area contributed by atoms with Gasteiger partial charge >= 0.3 is 11.9 Å². The van der Waals surface area contributed by atoms with Gasteiger partial charge in [0.25, 0.3) is 5.72 Å². The number of hydrogen-bond donors (Lipinski definition) is 2. The molecule has 28 heavy (non-hydrogen) atoms. The molecule has 1 aliphatic carbocycles. The highest BCUT2D eigenvalue weighted by molar-refractivity contribution is 6.38. The number of benzene rings is 1. The summed E-state index contributed by atoms with van der Waals surface area (Å²) in [6.45, 7) is 1.90. The van der Waals surface area contributed by atoms with Gasteiger partial charge in [-0.05, 0) is 23.6 Å². The molecule has 2 bridgehead atoms. The minimum absolute atomic E-state index is 0.0234. The molecule has 0 radical (unpaired) electrons. The van der Waals surface area contributed by atoms with Crippen molar-refractivity contribution in [2.45, 2.75) is 24.9 Å². The quantitative estimate of drug-likeness (QED) is 0.565. The highest BCUT2D eigenvalue weighted by Crippen LogP contribution is 2.53. The van der Waals surface area contributed by atoms with Crippen LogP contribution in [0.1, 0.15) is 12.5 Å². The average Bonchev–Trinajstić information content (AvgIpc) is 3.30. The van der Waals surface area contributed by atoms with Crippen molar-refractivity contribution < 1.29 is 33.9 Å². The molecule has 4 rings (SSSR count). The Balaban J connectivity index is 1.87. The number of fused-ring (bicyclic) bond motifs is 5. The lowest BCUT2D eigenvalue weighted by molar-refractivity contribution is -0.348. The summed E-state index contributed by atoms with van der Waals surface area (Å²) in [4.78, 5) is 35.6. The molecule has 9 nitrogen and oxygen atoms in total. The van der Waals surface area contributed by atoms with E-state index in [-0.39, 0.29) is 5.71 Å². The first-order valence-corrected chi connectivity index (χ1v) is 8.76. The maximum atomic E-state index is 12.4. The van der Waals surface area contributed by atoms with Crippen LogP contribution in [0.4, 0.5) is 0 Å². The number of carbonyl (C=O) groups is 2. The van der Waals surface area contributed by atoms with E-state index in [9.17, 15) is 14.7 Å². The normalized spacial score (nSPS) is 34.8. The number of nitrogens with zero attached hydrogens (tertiary/aromatic N) is 1. The van der Waals surface area contributed by atoms with Crippen molar-refractivity contribution in [3.63, 3.8) is 0 Å². The minimum Gasteiger partial charge on any atom is -0.465 e. The Morgan fingerprint density at radius 1 is 1.14 bits per heavy atom. The molecule has 148 valence electrons. The number of allylic oxidation sites excluding steroid dienone is 1. The molecule has 5 unspecified atom stereocenters. The molecule has 2 N–H and O–H groups in total. The first-order chi connectivity index (χ1) is 13.4. The van der Waals surface area contributed by atoms with Crippen molar-refractivity contribution in [3.05, 3.63) is 41.5 Å². The molecule has 1 saturated carbocycles. The third kappa shape index (κ3) is 2.47. The van der Waals surface area contributed by atoms with Gasteiger partial charge < -0.3 is 14.6 Å². The van der Waals surface area contributed by atoms with E-state index in [0.717, 1.165) is 23.8 Å². The van der Waals surface area contributed by atoms with Crippen molar-refractivity contribution in [1.29, 1.82) is 0 Å². The second-order valence-corrected chi connectivity index (χ2v) is 6.89. The van der Waals surface area contributed by atoms with E-state index >= 15 is 0 Å². The van der Waals surface area contributed by atoms with Crippen LogP contribution in [0, 0.1) is 11.8 Å². The Labute approximate surface area is 160 Å². The predicted molar refractivity (Wildman–Crippen MR) is 95.3 cm³/mol. The van der Waals surface area contributed by atoms with Gasteiger partial charge in [0.1, 0.15) is 12.2 Å². The van der Waals surface area contributed by atoms with E-state index in [1.54, 1.807) is 0 Å². The predicted octanol–water partition coefficient (Wildman–Crippen LogP) is 0.399. The summed E-state index contributed by atoms with van der Waals surface area (Å²) in [6, 6.07) is 9.57. The van der Waals surface area contributed by atoms with Crippen molar-refractivity contribution in [2.24, 2.45) is 16.9 Å². The van der Waals surface area contributed by atoms with Crippen LogP contribution in [-0.2, 0) is 28.8 Å². The maximum absolute atomic E-state index is 12.4. The van der Waals surface area contributed by atoms with Crippen LogP contribution in [0.2, 0.25) is 0 Å². The third-order valence-electron chi connectivity index (χ3n) is 5.59. The standard InChI is InChI=1S/C19H20N2O7/c1-9(10-7-5-4-6-8-10)11-15-12-13(16(11)28-27-15)19(24,18(23)26-3)21-20-14(12)17(22)25-2/h4-8,12-13,15-16,21,24H,1-3H3/b11-9+. The summed E-state index contributed by atoms with van der Waals surface area (Å²) in [5.74, 6) is -3.24. The van der Waals surface area contributed by atoms with Gasteiger partial charge in [-0.15, -0.1) is 0 Å². The van der Waals surface area contributed by atoms with Crippen molar-refractivity contribution in [1.82, 2.24) is 5.43 Å². The summed E-state index contributed by atoms with van der Waals surface area (Å²) in [5.41, 5.74) is 2.77. The van der Waals surface area contributed by atoms with Crippen molar-refractivity contribution in [2.75, 3.05) is 14.2 Å². The lowest BCUT2D eigenvalue weighted by atomic mass is 9.79. The van der Waals surface area contributed by atoms with E-state index < -0.39 is 41.7 Å². The Morgan fingerprint density at radius 3 is 2.46 bits per heavy atom. The molecule has 0 aromatic heterocycles. The zero-order chi connectivity index (χ0) is 20.1. The molecule has 3 aliphatic rings. The number of hydrogen-bond acceptors (Lipinski definition) is 9. The Hall–Kier alpha value is -2.75. The second kappa shape index (κ2) is 6.69. The summed E-state index contributed by atoms with van der Waals surface area (Å²) in [7, 11) is 2.39. The minimum atomic E-state index is -2.18. The number of methoxy groups -OCH3 is 2. The number of ether oxygens (including phenoxy) is 2. The van der Waals surface area contributed by atoms with Gasteiger partial charge in [0.05, 0.1) is 26.1 Å². The SMILES string of the molecule is COC(=O)C1=NNC(O)(C(=O)OC)C2C3OOC(/C3=C(/C)c3ccccc3)C12. The number of carbonyl (C=O) groups excluding carboxylic acids is 2. The van der Waals surface area contributed by atoms with E-state index in [2.05, 4.69) is 10.5 Å². The fraction of sp³-hybridized carbons (Fsp3) is 0.421. The molecule has 2 aliphatic heterocycles. The molecular weight excluding hydrogens is 368 g/mol. The summed E-state index contributed by atoms with van der Waals surface area (Å²) in [5, 5.41) is 15.0. The van der Waals surface area contributed by atoms with E-state index in [0.29, 0.717) is 0 Å². The fourth-order valence-electron chi connectivity index (χ4n) is 4.26. The lowest BCUT2D eigenvalue weighted by Gasteiger charge is -2.41. The first kappa shape index (κ1) is 18.6. The van der Waals surface area contributed by atoms with Gasteiger partial charge in [-0.2, -0.15) is 5.10 Å². The monoisotopic (exact) mass is 388 g/mol. The van der Waals surface area contributed by atoms with Crippen LogP contribution in [0.3, 0.4) is 0 Å². The number of hydrazone groups is 1. The van der Waals surface area contributed by atoms with Gasteiger partial charge in [0.15, 0.2) is 5.71 Å². The first-order valence-electron chi connectivity index (χ1n) is 8.76. The van der Waals surface area contributed by atoms with Gasteiger partial charge in [-0.3, -0.25) is 5.43 Å². The molecule has 0 spiro atoms. The largest absolute Gasteiger partial charge is 0.465 e. The smallest absolute Gasteiger partial charge is 0.361 e. The van der Waals surface area contributed by atoms with E-state index in [1.165, 1.54) is 7.11 Å². The number of rotatable bonds is 3. The molecule has 1 aromatic carbocycles. The van der Waals surface area contributed by atoms with Crippen molar-refractivity contribution >= 4 is 23.2 Å². The highest BCUT2D eigenvalue weighted by Gasteiger charge is 2.69. The van der Waals surface area contributed by atoms with Crippen LogP contribution in [0.25, 0.3) is 5.57 Å². The van der Waals surface area contributed by atoms with Crippen LogP contribution < -0.4 is 5.43 Å². The third-order valence-corrected chi connectivity index (χ3v) is 5.59. The second-order valence-electron chi connectivity index (χ2n) is 6.89.